The van der Waals surface area contributed by atoms with Crippen molar-refractivity contribution in [2.75, 3.05) is 13.6 Å². The predicted octanol–water partition coefficient (Wildman–Crippen LogP) is 4.78. The Kier molecular flexibility index (Phi) is 8.44. The average Bonchev–Trinajstić information content (AvgIpc) is 2.74. The molecule has 0 amide bonds. The van der Waals surface area contributed by atoms with Crippen LogP contribution < -0.4 is 5.32 Å². The fraction of sp³-hybridized carbons (Fsp3) is 0.136. The van der Waals surface area contributed by atoms with Gasteiger partial charge in [0.15, 0.2) is 0 Å². The van der Waals surface area contributed by atoms with E-state index in [0.717, 1.165) is 12.2 Å². The van der Waals surface area contributed by atoms with Crippen LogP contribution in [0.4, 0.5) is 5.69 Å². The van der Waals surface area contributed by atoms with E-state index in [0.29, 0.717) is 10.5 Å². The van der Waals surface area contributed by atoms with Gasteiger partial charge in [0.2, 0.25) is 9.84 Å². The van der Waals surface area contributed by atoms with Crippen molar-refractivity contribution >= 4 is 34.4 Å². The summed E-state index contributed by atoms with van der Waals surface area (Å²) in [4.78, 5) is 5.18. The zero-order valence-electron chi connectivity index (χ0n) is 15.9. The summed E-state index contributed by atoms with van der Waals surface area (Å²) < 4.78 is 25.6. The second-order valence-corrected chi connectivity index (χ2v) is 8.18. The number of nitrogens with zero attached hydrogens (tertiary/aromatic N) is 1. The zero-order chi connectivity index (χ0) is 20.4. The summed E-state index contributed by atoms with van der Waals surface area (Å²) in [6.45, 7) is 3.14. The van der Waals surface area contributed by atoms with Crippen molar-refractivity contribution in [1.29, 1.82) is 0 Å². The Morgan fingerprint density at radius 1 is 0.929 bits per heavy atom. The van der Waals surface area contributed by atoms with Gasteiger partial charge in [-0.25, -0.2) is 8.42 Å². The van der Waals surface area contributed by atoms with Gasteiger partial charge >= 0.3 is 0 Å². The van der Waals surface area contributed by atoms with Crippen molar-refractivity contribution in [3.63, 3.8) is 0 Å². The van der Waals surface area contributed by atoms with E-state index in [-0.39, 0.29) is 9.79 Å². The zero-order valence-corrected chi connectivity index (χ0v) is 17.6. The van der Waals surface area contributed by atoms with Crippen LogP contribution in [0.2, 0.25) is 0 Å². The van der Waals surface area contributed by atoms with Crippen molar-refractivity contribution in [3.05, 3.63) is 84.4 Å². The smallest absolute Gasteiger partial charge is 0.207 e. The fourth-order valence-corrected chi connectivity index (χ4v) is 4.21. The number of aliphatic imine (C=N–C) groups is 1. The van der Waals surface area contributed by atoms with E-state index in [2.05, 4.69) is 29.9 Å². The SMILES string of the molecule is CCNC.O=S(=O)(c1ccccc1)c1cccc(C=Nc2ccccc2)c1S. The van der Waals surface area contributed by atoms with E-state index >= 15 is 0 Å². The number of nitrogens with one attached hydrogen (secondary N) is 1. The van der Waals surface area contributed by atoms with Crippen molar-refractivity contribution in [1.82, 2.24) is 5.32 Å². The molecule has 0 saturated carbocycles. The molecule has 1 N–H and O–H groups in total. The molecule has 6 heteroatoms. The molecule has 0 radical (unpaired) electrons. The molecule has 0 aliphatic carbocycles. The lowest BCUT2D eigenvalue weighted by molar-refractivity contribution is 0.594. The minimum atomic E-state index is -3.61. The molecule has 0 unspecified atom stereocenters. The lowest BCUT2D eigenvalue weighted by Gasteiger charge is -2.09. The molecule has 0 saturated heterocycles. The van der Waals surface area contributed by atoms with E-state index < -0.39 is 9.84 Å². The Balaban J connectivity index is 0.000000640. The topological polar surface area (TPSA) is 58.5 Å². The van der Waals surface area contributed by atoms with E-state index in [4.69, 9.17) is 0 Å². The Labute approximate surface area is 172 Å². The van der Waals surface area contributed by atoms with Gasteiger partial charge in [-0.2, -0.15) is 0 Å². The van der Waals surface area contributed by atoms with Gasteiger partial charge in [-0.1, -0.05) is 55.5 Å². The maximum absolute atomic E-state index is 12.8. The van der Waals surface area contributed by atoms with Crippen molar-refractivity contribution < 1.29 is 8.42 Å². The molecular weight excluding hydrogens is 388 g/mol. The van der Waals surface area contributed by atoms with Gasteiger partial charge in [0.05, 0.1) is 15.5 Å². The highest BCUT2D eigenvalue weighted by atomic mass is 32.2. The quantitative estimate of drug-likeness (QED) is 0.468. The molecule has 0 aliphatic rings. The van der Waals surface area contributed by atoms with Crippen LogP contribution in [-0.2, 0) is 9.84 Å². The van der Waals surface area contributed by atoms with E-state index in [1.54, 1.807) is 54.7 Å². The van der Waals surface area contributed by atoms with E-state index in [9.17, 15) is 8.42 Å². The number of hydrogen-bond donors (Lipinski definition) is 2. The molecule has 146 valence electrons. The number of thiol groups is 1. The third kappa shape index (κ3) is 5.79. The summed E-state index contributed by atoms with van der Waals surface area (Å²) in [7, 11) is -1.68. The van der Waals surface area contributed by atoms with Gasteiger partial charge in [0.25, 0.3) is 0 Å². The summed E-state index contributed by atoms with van der Waals surface area (Å²) in [6, 6.07) is 22.8. The Bertz CT molecular complexity index is 1000. The lowest BCUT2D eigenvalue weighted by atomic mass is 10.2. The first kappa shape index (κ1) is 21.9. The molecule has 0 bridgehead atoms. The van der Waals surface area contributed by atoms with Crippen molar-refractivity contribution in [3.8, 4) is 0 Å². The second kappa shape index (κ2) is 10.8. The first-order valence-corrected chi connectivity index (χ1v) is 10.8. The number of para-hydroxylation sites is 1. The first-order chi connectivity index (χ1) is 13.5. The fourth-order valence-electron chi connectivity index (χ4n) is 2.25. The second-order valence-electron chi connectivity index (χ2n) is 5.81. The summed E-state index contributed by atoms with van der Waals surface area (Å²) in [6.07, 6.45) is 1.63. The normalized spacial score (nSPS) is 11.1. The van der Waals surface area contributed by atoms with Gasteiger partial charge < -0.3 is 5.32 Å². The Morgan fingerprint density at radius 2 is 1.50 bits per heavy atom. The van der Waals surface area contributed by atoms with Crippen LogP contribution in [-0.4, -0.2) is 28.2 Å². The highest BCUT2D eigenvalue weighted by Gasteiger charge is 2.20. The molecule has 3 rings (SSSR count). The average molecular weight is 413 g/mol. The standard InChI is InChI=1S/C19H15NO2S2.C3H9N/c21-24(22,17-11-5-2-6-12-17)18-13-7-8-15(19(18)23)14-20-16-9-3-1-4-10-16;1-3-4-2/h1-14,23H;4H,3H2,1-2H3. The van der Waals surface area contributed by atoms with Gasteiger partial charge in [-0.3, -0.25) is 4.99 Å². The number of sulfone groups is 1. The van der Waals surface area contributed by atoms with Crippen LogP contribution in [0, 0.1) is 0 Å². The van der Waals surface area contributed by atoms with Crippen LogP contribution in [0.3, 0.4) is 0 Å². The summed E-state index contributed by atoms with van der Waals surface area (Å²) in [5, 5.41) is 2.93. The molecule has 3 aromatic carbocycles. The highest BCUT2D eigenvalue weighted by Crippen LogP contribution is 2.28. The number of benzene rings is 3. The van der Waals surface area contributed by atoms with Crippen LogP contribution in [0.25, 0.3) is 0 Å². The highest BCUT2D eigenvalue weighted by molar-refractivity contribution is 7.92. The van der Waals surface area contributed by atoms with Gasteiger partial charge in [-0.05, 0) is 43.9 Å². The van der Waals surface area contributed by atoms with Gasteiger partial charge in [0, 0.05) is 16.7 Å². The van der Waals surface area contributed by atoms with E-state index in [1.807, 2.05) is 37.4 Å². The van der Waals surface area contributed by atoms with Crippen LogP contribution >= 0.6 is 12.6 Å². The third-order valence-electron chi connectivity index (χ3n) is 3.84. The Morgan fingerprint density at radius 3 is 2.07 bits per heavy atom. The molecule has 0 spiro atoms. The third-order valence-corrected chi connectivity index (χ3v) is 6.30. The minimum Gasteiger partial charge on any atom is -0.320 e. The maximum Gasteiger partial charge on any atom is 0.207 e. The molecule has 0 fully saturated rings. The lowest BCUT2D eigenvalue weighted by Crippen LogP contribution is -2.04. The maximum atomic E-state index is 12.8. The summed E-state index contributed by atoms with van der Waals surface area (Å²) >= 11 is 4.43. The molecule has 0 heterocycles. The number of hydrogen-bond acceptors (Lipinski definition) is 5. The largest absolute Gasteiger partial charge is 0.320 e. The molecule has 0 aromatic heterocycles. The molecule has 3 aromatic rings. The molecule has 0 aliphatic heterocycles. The Hall–Kier alpha value is -2.41. The molecule has 28 heavy (non-hydrogen) atoms. The summed E-state index contributed by atoms with van der Waals surface area (Å²) in [5.41, 5.74) is 1.45. The van der Waals surface area contributed by atoms with Crippen LogP contribution in [0.5, 0.6) is 0 Å². The van der Waals surface area contributed by atoms with E-state index in [1.165, 1.54) is 0 Å². The minimum absolute atomic E-state index is 0.175. The van der Waals surface area contributed by atoms with Crippen LogP contribution in [0.1, 0.15) is 12.5 Å². The molecule has 4 nitrogen and oxygen atoms in total. The molecular formula is C22H24N2O2S2. The van der Waals surface area contributed by atoms with Crippen molar-refractivity contribution in [2.24, 2.45) is 4.99 Å². The molecule has 0 atom stereocenters. The summed E-state index contributed by atoms with van der Waals surface area (Å²) in [5.74, 6) is 0. The van der Waals surface area contributed by atoms with Crippen LogP contribution in [0.15, 0.2) is 98.5 Å². The first-order valence-electron chi connectivity index (χ1n) is 8.86. The van der Waals surface area contributed by atoms with Gasteiger partial charge in [-0.15, -0.1) is 12.6 Å². The van der Waals surface area contributed by atoms with Gasteiger partial charge in [0.1, 0.15) is 0 Å². The monoisotopic (exact) mass is 412 g/mol. The number of rotatable bonds is 5. The predicted molar refractivity (Wildman–Crippen MR) is 119 cm³/mol. The van der Waals surface area contributed by atoms with Crippen molar-refractivity contribution in [2.45, 2.75) is 21.6 Å².